The standard InChI is InChI=1S/C21H27N5O3/c1-15-6-7-18(13-23-15)25-20(27)24-12-16-4-3-5-17-14-26(10-8-19(16)17)11-9-22-21(28)29-2/h3-7,13H,8-12,14H2,1-2H3,(H,22,28)(H2,24,25,27). The van der Waals surface area contributed by atoms with Gasteiger partial charge in [0.2, 0.25) is 0 Å². The van der Waals surface area contributed by atoms with Crippen LogP contribution < -0.4 is 16.0 Å². The summed E-state index contributed by atoms with van der Waals surface area (Å²) in [5, 5.41) is 8.43. The minimum atomic E-state index is -0.407. The summed E-state index contributed by atoms with van der Waals surface area (Å²) in [6.07, 6.45) is 2.15. The van der Waals surface area contributed by atoms with E-state index in [0.29, 0.717) is 18.8 Å². The van der Waals surface area contributed by atoms with Gasteiger partial charge in [0, 0.05) is 38.4 Å². The van der Waals surface area contributed by atoms with E-state index in [2.05, 4.69) is 42.7 Å². The van der Waals surface area contributed by atoms with Crippen molar-refractivity contribution in [3.8, 4) is 0 Å². The third-order valence-electron chi connectivity index (χ3n) is 4.93. The second-order valence-corrected chi connectivity index (χ2v) is 7.00. The predicted molar refractivity (Wildman–Crippen MR) is 111 cm³/mol. The molecule has 29 heavy (non-hydrogen) atoms. The van der Waals surface area contributed by atoms with Gasteiger partial charge >= 0.3 is 12.1 Å². The molecule has 1 aromatic carbocycles. The highest BCUT2D eigenvalue weighted by Crippen LogP contribution is 2.22. The molecule has 1 aliphatic heterocycles. The molecular weight excluding hydrogens is 370 g/mol. The van der Waals surface area contributed by atoms with Crippen LogP contribution in [0, 0.1) is 6.92 Å². The summed E-state index contributed by atoms with van der Waals surface area (Å²) in [6, 6.07) is 9.64. The number of amides is 3. The van der Waals surface area contributed by atoms with Crippen LogP contribution in [0.25, 0.3) is 0 Å². The molecule has 0 fully saturated rings. The number of carbonyl (C=O) groups excluding carboxylic acids is 2. The molecule has 3 rings (SSSR count). The van der Waals surface area contributed by atoms with Gasteiger partial charge in [0.05, 0.1) is 19.0 Å². The molecule has 0 aliphatic carbocycles. The molecule has 0 radical (unpaired) electrons. The molecule has 0 saturated carbocycles. The van der Waals surface area contributed by atoms with Crippen molar-refractivity contribution in [3.63, 3.8) is 0 Å². The molecule has 8 nitrogen and oxygen atoms in total. The summed E-state index contributed by atoms with van der Waals surface area (Å²) in [6.45, 7) is 5.43. The molecule has 1 aliphatic rings. The van der Waals surface area contributed by atoms with Gasteiger partial charge in [0.25, 0.3) is 0 Å². The maximum Gasteiger partial charge on any atom is 0.406 e. The van der Waals surface area contributed by atoms with Crippen LogP contribution in [0.2, 0.25) is 0 Å². The Labute approximate surface area is 170 Å². The zero-order valence-electron chi connectivity index (χ0n) is 16.8. The number of anilines is 1. The predicted octanol–water partition coefficient (Wildman–Crippen LogP) is 2.43. The first kappa shape index (κ1) is 20.6. The summed E-state index contributed by atoms with van der Waals surface area (Å²) in [5.74, 6) is 0. The van der Waals surface area contributed by atoms with Crippen LogP contribution >= 0.6 is 0 Å². The van der Waals surface area contributed by atoms with E-state index in [0.717, 1.165) is 37.3 Å². The van der Waals surface area contributed by atoms with E-state index >= 15 is 0 Å². The van der Waals surface area contributed by atoms with Crippen LogP contribution in [-0.2, 0) is 24.2 Å². The Hall–Kier alpha value is -3.13. The van der Waals surface area contributed by atoms with E-state index in [9.17, 15) is 9.59 Å². The number of pyridine rings is 1. The van der Waals surface area contributed by atoms with Gasteiger partial charge in [-0.2, -0.15) is 0 Å². The first-order valence-corrected chi connectivity index (χ1v) is 9.66. The van der Waals surface area contributed by atoms with Crippen LogP contribution in [0.5, 0.6) is 0 Å². The fraction of sp³-hybridized carbons (Fsp3) is 0.381. The normalized spacial score (nSPS) is 13.3. The van der Waals surface area contributed by atoms with Crippen molar-refractivity contribution in [2.75, 3.05) is 32.1 Å². The van der Waals surface area contributed by atoms with Crippen LogP contribution in [0.3, 0.4) is 0 Å². The lowest BCUT2D eigenvalue weighted by Gasteiger charge is -2.30. The number of methoxy groups -OCH3 is 1. The Balaban J connectivity index is 1.52. The maximum absolute atomic E-state index is 12.2. The smallest absolute Gasteiger partial charge is 0.406 e. The number of hydrogen-bond acceptors (Lipinski definition) is 5. The van der Waals surface area contributed by atoms with Gasteiger partial charge in [-0.05, 0) is 42.2 Å². The van der Waals surface area contributed by atoms with Crippen LogP contribution in [-0.4, -0.2) is 48.8 Å². The Morgan fingerprint density at radius 1 is 1.21 bits per heavy atom. The Morgan fingerprint density at radius 2 is 2.07 bits per heavy atom. The number of alkyl carbamates (subject to hydrolysis) is 1. The third kappa shape index (κ3) is 5.92. The summed E-state index contributed by atoms with van der Waals surface area (Å²) in [7, 11) is 1.36. The first-order valence-electron chi connectivity index (χ1n) is 9.66. The fourth-order valence-electron chi connectivity index (χ4n) is 3.38. The monoisotopic (exact) mass is 397 g/mol. The molecule has 2 aromatic rings. The van der Waals surface area contributed by atoms with Crippen LogP contribution in [0.4, 0.5) is 15.3 Å². The topological polar surface area (TPSA) is 95.6 Å². The van der Waals surface area contributed by atoms with Crippen LogP contribution in [0.1, 0.15) is 22.4 Å². The molecule has 2 heterocycles. The highest BCUT2D eigenvalue weighted by Gasteiger charge is 2.18. The number of ether oxygens (including phenoxy) is 1. The lowest BCUT2D eigenvalue weighted by atomic mass is 9.94. The first-order chi connectivity index (χ1) is 14.0. The zero-order chi connectivity index (χ0) is 20.6. The van der Waals surface area contributed by atoms with E-state index in [1.807, 2.05) is 25.1 Å². The molecule has 0 saturated heterocycles. The minimum Gasteiger partial charge on any atom is -0.453 e. The second-order valence-electron chi connectivity index (χ2n) is 7.00. The highest BCUT2D eigenvalue weighted by atomic mass is 16.5. The largest absolute Gasteiger partial charge is 0.453 e. The molecule has 8 heteroatoms. The minimum absolute atomic E-state index is 0.250. The molecule has 3 N–H and O–H groups in total. The number of fused-ring (bicyclic) bond motifs is 1. The van der Waals surface area contributed by atoms with Crippen molar-refractivity contribution in [2.24, 2.45) is 0 Å². The number of carbonyl (C=O) groups is 2. The van der Waals surface area contributed by atoms with Crippen LogP contribution in [0.15, 0.2) is 36.5 Å². The van der Waals surface area contributed by atoms with E-state index in [-0.39, 0.29) is 6.03 Å². The third-order valence-corrected chi connectivity index (χ3v) is 4.93. The van der Waals surface area contributed by atoms with Gasteiger partial charge < -0.3 is 20.7 Å². The quantitative estimate of drug-likeness (QED) is 0.696. The summed E-state index contributed by atoms with van der Waals surface area (Å²) in [4.78, 5) is 29.8. The van der Waals surface area contributed by atoms with Crippen molar-refractivity contribution in [1.29, 1.82) is 0 Å². The maximum atomic E-state index is 12.2. The van der Waals surface area contributed by atoms with Crippen molar-refractivity contribution in [2.45, 2.75) is 26.4 Å². The lowest BCUT2D eigenvalue weighted by Crippen LogP contribution is -2.38. The fourth-order valence-corrected chi connectivity index (χ4v) is 3.38. The SMILES string of the molecule is COC(=O)NCCN1CCc2c(CNC(=O)Nc3ccc(C)nc3)cccc2C1. The van der Waals surface area contributed by atoms with Gasteiger partial charge in [-0.25, -0.2) is 9.59 Å². The van der Waals surface area contributed by atoms with Gasteiger partial charge in [0.15, 0.2) is 0 Å². The number of aromatic nitrogens is 1. The number of urea groups is 1. The average molecular weight is 397 g/mol. The molecule has 154 valence electrons. The number of benzene rings is 1. The summed E-state index contributed by atoms with van der Waals surface area (Å²) >= 11 is 0. The number of aryl methyl sites for hydroxylation is 1. The van der Waals surface area contributed by atoms with Crippen molar-refractivity contribution < 1.29 is 14.3 Å². The molecule has 0 unspecified atom stereocenters. The van der Waals surface area contributed by atoms with Gasteiger partial charge in [-0.15, -0.1) is 0 Å². The van der Waals surface area contributed by atoms with Crippen molar-refractivity contribution in [1.82, 2.24) is 20.5 Å². The van der Waals surface area contributed by atoms with Crippen molar-refractivity contribution in [3.05, 3.63) is 58.9 Å². The number of nitrogens with zero attached hydrogens (tertiary/aromatic N) is 2. The van der Waals surface area contributed by atoms with E-state index < -0.39 is 6.09 Å². The van der Waals surface area contributed by atoms with Gasteiger partial charge in [-0.3, -0.25) is 9.88 Å². The average Bonchev–Trinajstić information content (AvgIpc) is 2.73. The molecule has 0 spiro atoms. The molecular formula is C21H27N5O3. The molecule has 1 aromatic heterocycles. The Bertz CT molecular complexity index is 854. The van der Waals surface area contributed by atoms with E-state index in [1.165, 1.54) is 18.2 Å². The number of hydrogen-bond donors (Lipinski definition) is 3. The van der Waals surface area contributed by atoms with Crippen molar-refractivity contribution >= 4 is 17.8 Å². The molecule has 3 amide bonds. The lowest BCUT2D eigenvalue weighted by molar-refractivity contribution is 0.167. The highest BCUT2D eigenvalue weighted by molar-refractivity contribution is 5.88. The zero-order valence-corrected chi connectivity index (χ0v) is 16.8. The summed E-state index contributed by atoms with van der Waals surface area (Å²) in [5.41, 5.74) is 5.26. The van der Waals surface area contributed by atoms with Gasteiger partial charge in [-0.1, -0.05) is 18.2 Å². The van der Waals surface area contributed by atoms with E-state index in [1.54, 1.807) is 6.20 Å². The molecule has 0 bridgehead atoms. The Kier molecular flexibility index (Phi) is 7.02. The van der Waals surface area contributed by atoms with E-state index in [4.69, 9.17) is 0 Å². The number of nitrogens with one attached hydrogen (secondary N) is 3. The number of rotatable bonds is 6. The van der Waals surface area contributed by atoms with Gasteiger partial charge in [0.1, 0.15) is 0 Å². The second kappa shape index (κ2) is 9.88. The Morgan fingerprint density at radius 3 is 2.83 bits per heavy atom. The molecule has 0 atom stereocenters. The summed E-state index contributed by atoms with van der Waals surface area (Å²) < 4.78 is 4.59.